The monoisotopic (exact) mass is 303 g/mol. The van der Waals surface area contributed by atoms with Crippen LogP contribution in [-0.2, 0) is 7.05 Å². The predicted molar refractivity (Wildman–Crippen MR) is 90.0 cm³/mol. The van der Waals surface area contributed by atoms with Gasteiger partial charge in [0.15, 0.2) is 12.1 Å². The Labute approximate surface area is 135 Å². The standard InChI is InChI=1S/C18H17N5/c1-14-10-19-9-8-16(14)22-11-17-18(20-12-22)23(13-21(17)2)15-6-4-3-5-7-15/h3-13H,1-2H3. The highest BCUT2D eigenvalue weighted by atomic mass is 15.3. The van der Waals surface area contributed by atoms with Crippen LogP contribution >= 0.6 is 0 Å². The van der Waals surface area contributed by atoms with Crippen LogP contribution in [0.5, 0.6) is 0 Å². The molecular weight excluding hydrogens is 286 g/mol. The summed E-state index contributed by atoms with van der Waals surface area (Å²) in [5.41, 5.74) is 4.36. The molecule has 3 aromatic rings. The highest BCUT2D eigenvalue weighted by Crippen LogP contribution is 2.28. The van der Waals surface area contributed by atoms with Crippen molar-refractivity contribution in [2.45, 2.75) is 6.92 Å². The Morgan fingerprint density at radius 1 is 1.13 bits per heavy atom. The third-order valence-corrected chi connectivity index (χ3v) is 3.99. The number of para-hydroxylation sites is 1. The Bertz CT molecular complexity index is 880. The number of aromatic nitrogens is 3. The van der Waals surface area contributed by atoms with Gasteiger partial charge in [0.1, 0.15) is 6.34 Å². The number of fused-ring (bicyclic) bond motifs is 1. The number of hydrogen-bond donors (Lipinski definition) is 0. The van der Waals surface area contributed by atoms with E-state index in [9.17, 15) is 0 Å². The normalized spacial score (nSPS) is 12.9. The van der Waals surface area contributed by atoms with Crippen LogP contribution < -0.4 is 9.47 Å². The minimum Gasteiger partial charge on any atom is -0.373 e. The summed E-state index contributed by atoms with van der Waals surface area (Å²) in [6.07, 6.45) is 7.57. The van der Waals surface area contributed by atoms with Crippen LogP contribution in [-0.4, -0.2) is 15.9 Å². The average Bonchev–Trinajstić information content (AvgIpc) is 2.93. The quantitative estimate of drug-likeness (QED) is 0.539. The molecule has 114 valence electrons. The zero-order chi connectivity index (χ0) is 15.8. The Balaban J connectivity index is 1.76. The van der Waals surface area contributed by atoms with Gasteiger partial charge in [-0.25, -0.2) is 0 Å². The SMILES string of the molecule is Cc1cnccc1N1C=Nc2c(n(C)c[n+]2-c2ccccc2)[CH-]1. The largest absolute Gasteiger partial charge is 0.373 e. The predicted octanol–water partition coefficient (Wildman–Crippen LogP) is 2.70. The molecule has 0 N–H and O–H groups in total. The molecule has 0 fully saturated rings. The van der Waals surface area contributed by atoms with Gasteiger partial charge in [0, 0.05) is 23.8 Å². The number of pyridine rings is 1. The first-order valence-corrected chi connectivity index (χ1v) is 7.48. The van der Waals surface area contributed by atoms with Crippen LogP contribution in [0.3, 0.4) is 0 Å². The highest BCUT2D eigenvalue weighted by Gasteiger charge is 2.19. The van der Waals surface area contributed by atoms with Crippen molar-refractivity contribution in [2.75, 3.05) is 4.90 Å². The van der Waals surface area contributed by atoms with E-state index in [4.69, 9.17) is 0 Å². The van der Waals surface area contributed by atoms with Crippen LogP contribution in [0.15, 0.2) is 60.1 Å². The molecule has 0 radical (unpaired) electrons. The van der Waals surface area contributed by atoms with E-state index in [1.807, 2.05) is 48.7 Å². The van der Waals surface area contributed by atoms with Gasteiger partial charge in [-0.05, 0) is 30.7 Å². The molecule has 0 aliphatic carbocycles. The molecule has 23 heavy (non-hydrogen) atoms. The lowest BCUT2D eigenvalue weighted by molar-refractivity contribution is -0.581. The summed E-state index contributed by atoms with van der Waals surface area (Å²) in [5.74, 6) is 0.932. The van der Waals surface area contributed by atoms with Crippen molar-refractivity contribution >= 4 is 17.8 Å². The Morgan fingerprint density at radius 2 is 1.96 bits per heavy atom. The summed E-state index contributed by atoms with van der Waals surface area (Å²) in [6.45, 7) is 4.15. The second-order valence-electron chi connectivity index (χ2n) is 5.58. The molecule has 1 aliphatic heterocycles. The van der Waals surface area contributed by atoms with Crippen molar-refractivity contribution in [2.24, 2.45) is 12.0 Å². The smallest absolute Gasteiger partial charge is 0.176 e. The maximum absolute atomic E-state index is 4.68. The van der Waals surface area contributed by atoms with E-state index < -0.39 is 0 Å². The molecule has 0 spiro atoms. The fourth-order valence-electron chi connectivity index (χ4n) is 2.80. The van der Waals surface area contributed by atoms with E-state index in [-0.39, 0.29) is 0 Å². The number of aliphatic imine (C=N–C) groups is 1. The number of hydrogen-bond acceptors (Lipinski definition) is 3. The summed E-state index contributed by atoms with van der Waals surface area (Å²) >= 11 is 0. The molecule has 1 aliphatic rings. The van der Waals surface area contributed by atoms with Crippen LogP contribution in [0.4, 0.5) is 11.5 Å². The van der Waals surface area contributed by atoms with Gasteiger partial charge in [0.2, 0.25) is 0 Å². The van der Waals surface area contributed by atoms with E-state index in [2.05, 4.69) is 51.0 Å². The van der Waals surface area contributed by atoms with Crippen molar-refractivity contribution in [3.8, 4) is 5.69 Å². The van der Waals surface area contributed by atoms with Crippen molar-refractivity contribution in [1.29, 1.82) is 0 Å². The van der Waals surface area contributed by atoms with Gasteiger partial charge in [0.05, 0.1) is 12.7 Å². The molecular formula is C18H17N5. The Hall–Kier alpha value is -3.08. The number of benzene rings is 1. The molecule has 2 aromatic heterocycles. The second-order valence-corrected chi connectivity index (χ2v) is 5.58. The maximum atomic E-state index is 4.68. The van der Waals surface area contributed by atoms with Crippen LogP contribution in [0, 0.1) is 13.5 Å². The fourth-order valence-corrected chi connectivity index (χ4v) is 2.80. The topological polar surface area (TPSA) is 37.3 Å². The summed E-state index contributed by atoms with van der Waals surface area (Å²) in [5, 5.41) is 0. The van der Waals surface area contributed by atoms with E-state index in [1.54, 1.807) is 6.20 Å². The number of anilines is 1. The molecule has 5 heteroatoms. The lowest BCUT2D eigenvalue weighted by Gasteiger charge is -2.28. The van der Waals surface area contributed by atoms with Crippen molar-refractivity contribution in [1.82, 2.24) is 9.55 Å². The third-order valence-electron chi connectivity index (χ3n) is 3.99. The van der Waals surface area contributed by atoms with E-state index in [0.29, 0.717) is 0 Å². The van der Waals surface area contributed by atoms with E-state index in [0.717, 1.165) is 28.5 Å². The lowest BCUT2D eigenvalue weighted by Crippen LogP contribution is -2.30. The number of nitrogens with zero attached hydrogens (tertiary/aromatic N) is 5. The minimum atomic E-state index is 0.932. The molecule has 0 bridgehead atoms. The van der Waals surface area contributed by atoms with Crippen LogP contribution in [0.2, 0.25) is 0 Å². The molecule has 5 nitrogen and oxygen atoms in total. The summed E-state index contributed by atoms with van der Waals surface area (Å²) in [4.78, 5) is 10.9. The lowest BCUT2D eigenvalue weighted by atomic mass is 10.2. The van der Waals surface area contributed by atoms with Crippen LogP contribution in [0.25, 0.3) is 5.69 Å². The van der Waals surface area contributed by atoms with Gasteiger partial charge >= 0.3 is 0 Å². The number of aryl methyl sites for hydroxylation is 2. The van der Waals surface area contributed by atoms with Crippen molar-refractivity contribution < 1.29 is 4.57 Å². The molecule has 0 unspecified atom stereocenters. The molecule has 0 saturated carbocycles. The zero-order valence-electron chi connectivity index (χ0n) is 13.1. The van der Waals surface area contributed by atoms with Gasteiger partial charge in [-0.3, -0.25) is 14.1 Å². The third kappa shape index (κ3) is 2.26. The minimum absolute atomic E-state index is 0.932. The first-order chi connectivity index (χ1) is 11.2. The summed E-state index contributed by atoms with van der Waals surface area (Å²) in [7, 11) is 2.03. The summed E-state index contributed by atoms with van der Waals surface area (Å²) < 4.78 is 4.18. The zero-order valence-corrected chi connectivity index (χ0v) is 13.1. The molecule has 0 amide bonds. The number of imidazole rings is 1. The van der Waals surface area contributed by atoms with Crippen molar-refractivity contribution in [3.63, 3.8) is 0 Å². The first-order valence-electron chi connectivity index (χ1n) is 7.48. The van der Waals surface area contributed by atoms with Gasteiger partial charge in [0.25, 0.3) is 0 Å². The summed E-state index contributed by atoms with van der Waals surface area (Å²) in [6, 6.07) is 12.2. The maximum Gasteiger partial charge on any atom is 0.176 e. The fraction of sp³-hybridized carbons (Fsp3) is 0.111. The van der Waals surface area contributed by atoms with Gasteiger partial charge < -0.3 is 4.90 Å². The van der Waals surface area contributed by atoms with Gasteiger partial charge in [-0.1, -0.05) is 24.7 Å². The molecule has 3 heterocycles. The molecule has 4 rings (SSSR count). The average molecular weight is 303 g/mol. The van der Waals surface area contributed by atoms with E-state index in [1.165, 1.54) is 0 Å². The molecule has 0 saturated heterocycles. The first kappa shape index (κ1) is 13.6. The molecule has 1 aromatic carbocycles. The Morgan fingerprint density at radius 3 is 2.74 bits per heavy atom. The second kappa shape index (κ2) is 5.28. The van der Waals surface area contributed by atoms with E-state index >= 15 is 0 Å². The van der Waals surface area contributed by atoms with Gasteiger partial charge in [-0.2, -0.15) is 4.99 Å². The Kier molecular flexibility index (Phi) is 3.12. The number of rotatable bonds is 2. The molecule has 0 atom stereocenters. The van der Waals surface area contributed by atoms with Crippen LogP contribution in [0.1, 0.15) is 11.3 Å². The van der Waals surface area contributed by atoms with Crippen molar-refractivity contribution in [3.05, 3.63) is 72.9 Å². The highest BCUT2D eigenvalue weighted by molar-refractivity contribution is 5.86. The van der Waals surface area contributed by atoms with Gasteiger partial charge in [-0.15, -0.1) is 0 Å².